The molecule has 1 rings (SSSR count). The number of ether oxygens (including phenoxy) is 1. The van der Waals surface area contributed by atoms with Gasteiger partial charge >= 0.3 is 5.97 Å². The number of carboxylic acids is 1. The van der Waals surface area contributed by atoms with Gasteiger partial charge in [0.05, 0.1) is 19.2 Å². The second-order valence-electron chi connectivity index (χ2n) is 3.77. The minimum Gasteiger partial charge on any atom is -0.496 e. The molecule has 1 aromatic carbocycles. The van der Waals surface area contributed by atoms with Gasteiger partial charge in [0.2, 0.25) is 0 Å². The molecule has 1 amide bonds. The molecule has 0 aliphatic carbocycles. The van der Waals surface area contributed by atoms with E-state index in [4.69, 9.17) is 14.9 Å². The van der Waals surface area contributed by atoms with Crippen LogP contribution in [0.3, 0.4) is 0 Å². The number of carboxylic acid groups (broad SMARTS) is 1. The van der Waals surface area contributed by atoms with Crippen LogP contribution in [-0.4, -0.2) is 41.8 Å². The molecule has 0 aliphatic heterocycles. The van der Waals surface area contributed by atoms with Crippen LogP contribution in [0.15, 0.2) is 18.2 Å². The van der Waals surface area contributed by atoms with Gasteiger partial charge < -0.3 is 20.3 Å². The molecule has 0 fully saturated rings. The number of benzene rings is 1. The van der Waals surface area contributed by atoms with Crippen LogP contribution in [0, 0.1) is 6.92 Å². The summed E-state index contributed by atoms with van der Waals surface area (Å²) in [4.78, 5) is 22.2. The Morgan fingerprint density at radius 3 is 2.67 bits per heavy atom. The maximum atomic E-state index is 11.8. The first-order chi connectivity index (χ1) is 8.45. The number of aliphatic carboxylic acids is 1. The van der Waals surface area contributed by atoms with E-state index >= 15 is 0 Å². The molecule has 0 radical (unpaired) electrons. The largest absolute Gasteiger partial charge is 0.496 e. The molecular formula is C12H15NO5. The van der Waals surface area contributed by atoms with Crippen molar-refractivity contribution < 1.29 is 24.5 Å². The van der Waals surface area contributed by atoms with E-state index in [2.05, 4.69) is 5.32 Å². The summed E-state index contributed by atoms with van der Waals surface area (Å²) in [6.07, 6.45) is -1.62. The number of amides is 1. The van der Waals surface area contributed by atoms with E-state index in [1.54, 1.807) is 18.2 Å². The highest BCUT2D eigenvalue weighted by Gasteiger charge is 2.17. The molecule has 0 bridgehead atoms. The van der Waals surface area contributed by atoms with Gasteiger partial charge in [-0.15, -0.1) is 0 Å². The number of carbonyl (C=O) groups is 2. The van der Waals surface area contributed by atoms with Gasteiger partial charge in [0.15, 0.2) is 6.10 Å². The summed E-state index contributed by atoms with van der Waals surface area (Å²) >= 11 is 0. The van der Waals surface area contributed by atoms with E-state index in [-0.39, 0.29) is 6.54 Å². The van der Waals surface area contributed by atoms with Crippen LogP contribution in [0.5, 0.6) is 5.75 Å². The standard InChI is InChI=1S/C12H15NO5/c1-7-3-4-10(18-2)8(5-7)11(15)13-6-9(14)12(16)17/h3-5,9,14H,6H2,1-2H3,(H,13,15)(H,16,17). The molecule has 3 N–H and O–H groups in total. The van der Waals surface area contributed by atoms with Gasteiger partial charge in [-0.2, -0.15) is 0 Å². The fourth-order valence-corrected chi connectivity index (χ4v) is 1.37. The van der Waals surface area contributed by atoms with Crippen molar-refractivity contribution in [2.75, 3.05) is 13.7 Å². The third kappa shape index (κ3) is 3.46. The van der Waals surface area contributed by atoms with Crippen LogP contribution in [-0.2, 0) is 4.79 Å². The quantitative estimate of drug-likeness (QED) is 0.695. The molecular weight excluding hydrogens is 238 g/mol. The second kappa shape index (κ2) is 6.02. The van der Waals surface area contributed by atoms with E-state index in [1.807, 2.05) is 6.92 Å². The van der Waals surface area contributed by atoms with Crippen LogP contribution in [0.1, 0.15) is 15.9 Å². The average molecular weight is 253 g/mol. The number of hydrogen-bond donors (Lipinski definition) is 3. The maximum absolute atomic E-state index is 11.8. The number of aryl methyl sites for hydroxylation is 1. The fourth-order valence-electron chi connectivity index (χ4n) is 1.37. The van der Waals surface area contributed by atoms with Crippen LogP contribution >= 0.6 is 0 Å². The number of rotatable bonds is 5. The molecule has 1 atom stereocenters. The van der Waals surface area contributed by atoms with Gasteiger partial charge in [0, 0.05) is 0 Å². The van der Waals surface area contributed by atoms with Crippen molar-refractivity contribution in [3.63, 3.8) is 0 Å². The lowest BCUT2D eigenvalue weighted by molar-refractivity contribution is -0.146. The van der Waals surface area contributed by atoms with Crippen LogP contribution < -0.4 is 10.1 Å². The third-order valence-electron chi connectivity index (χ3n) is 2.34. The lowest BCUT2D eigenvalue weighted by atomic mass is 10.1. The lowest BCUT2D eigenvalue weighted by Gasteiger charge is -2.11. The first kappa shape index (κ1) is 14.0. The predicted molar refractivity (Wildman–Crippen MR) is 63.7 cm³/mol. The summed E-state index contributed by atoms with van der Waals surface area (Å²) < 4.78 is 5.04. The normalized spacial score (nSPS) is 11.7. The van der Waals surface area contributed by atoms with Crippen molar-refractivity contribution in [2.45, 2.75) is 13.0 Å². The highest BCUT2D eigenvalue weighted by Crippen LogP contribution is 2.19. The SMILES string of the molecule is COc1ccc(C)cc1C(=O)NCC(O)C(=O)O. The van der Waals surface area contributed by atoms with Gasteiger partial charge in [-0.05, 0) is 19.1 Å². The van der Waals surface area contributed by atoms with Crippen molar-refractivity contribution in [3.05, 3.63) is 29.3 Å². The molecule has 1 unspecified atom stereocenters. The average Bonchev–Trinajstić information content (AvgIpc) is 2.35. The Labute approximate surface area is 104 Å². The van der Waals surface area contributed by atoms with E-state index in [9.17, 15) is 9.59 Å². The minimum atomic E-state index is -1.62. The Hall–Kier alpha value is -2.08. The summed E-state index contributed by atoms with van der Waals surface area (Å²) in [5.74, 6) is -1.48. The number of hydrogen-bond acceptors (Lipinski definition) is 4. The van der Waals surface area contributed by atoms with Crippen molar-refractivity contribution in [2.24, 2.45) is 0 Å². The summed E-state index contributed by atoms with van der Waals surface area (Å²) in [5, 5.41) is 19.9. The van der Waals surface area contributed by atoms with Crippen LogP contribution in [0.4, 0.5) is 0 Å². The monoisotopic (exact) mass is 253 g/mol. The number of methoxy groups -OCH3 is 1. The molecule has 0 aliphatic rings. The third-order valence-corrected chi connectivity index (χ3v) is 2.34. The van der Waals surface area contributed by atoms with Gasteiger partial charge in [-0.3, -0.25) is 4.79 Å². The molecule has 18 heavy (non-hydrogen) atoms. The summed E-state index contributed by atoms with van der Waals surface area (Å²) in [5.41, 5.74) is 1.18. The molecule has 0 saturated carbocycles. The number of aliphatic hydroxyl groups excluding tert-OH is 1. The van der Waals surface area contributed by atoms with Gasteiger partial charge in [-0.25, -0.2) is 4.79 Å². The maximum Gasteiger partial charge on any atom is 0.334 e. The predicted octanol–water partition coefficient (Wildman–Crippen LogP) is 0.179. The van der Waals surface area contributed by atoms with Crippen LogP contribution in [0.2, 0.25) is 0 Å². The molecule has 6 nitrogen and oxygen atoms in total. The molecule has 98 valence electrons. The number of nitrogens with one attached hydrogen (secondary N) is 1. The topological polar surface area (TPSA) is 95.9 Å². The van der Waals surface area contributed by atoms with Crippen molar-refractivity contribution >= 4 is 11.9 Å². The molecule has 1 aromatic rings. The van der Waals surface area contributed by atoms with Crippen molar-refractivity contribution in [1.29, 1.82) is 0 Å². The van der Waals surface area contributed by atoms with E-state index in [1.165, 1.54) is 7.11 Å². The zero-order valence-corrected chi connectivity index (χ0v) is 10.1. The van der Waals surface area contributed by atoms with Crippen molar-refractivity contribution in [3.8, 4) is 5.75 Å². The Bertz CT molecular complexity index is 458. The number of carbonyl (C=O) groups excluding carboxylic acids is 1. The molecule has 6 heteroatoms. The number of aliphatic hydroxyl groups is 1. The highest BCUT2D eigenvalue weighted by atomic mass is 16.5. The molecule has 0 spiro atoms. The molecule has 0 saturated heterocycles. The first-order valence-electron chi connectivity index (χ1n) is 5.29. The summed E-state index contributed by atoms with van der Waals surface area (Å²) in [6.45, 7) is 1.47. The van der Waals surface area contributed by atoms with Crippen LogP contribution in [0.25, 0.3) is 0 Å². The molecule has 0 aromatic heterocycles. The van der Waals surface area contributed by atoms with Crippen molar-refractivity contribution in [1.82, 2.24) is 5.32 Å². The Morgan fingerprint density at radius 2 is 2.11 bits per heavy atom. The van der Waals surface area contributed by atoms with Gasteiger partial charge in [-0.1, -0.05) is 11.6 Å². The zero-order valence-electron chi connectivity index (χ0n) is 10.1. The zero-order chi connectivity index (χ0) is 13.7. The van der Waals surface area contributed by atoms with E-state index in [0.717, 1.165) is 5.56 Å². The van der Waals surface area contributed by atoms with Gasteiger partial charge in [0.1, 0.15) is 5.75 Å². The summed E-state index contributed by atoms with van der Waals surface area (Å²) in [7, 11) is 1.44. The Kier molecular flexibility index (Phi) is 4.67. The van der Waals surface area contributed by atoms with E-state index < -0.39 is 18.0 Å². The minimum absolute atomic E-state index is 0.301. The Morgan fingerprint density at radius 1 is 1.44 bits per heavy atom. The molecule has 0 heterocycles. The Balaban J connectivity index is 2.78. The first-order valence-corrected chi connectivity index (χ1v) is 5.29. The lowest BCUT2D eigenvalue weighted by Crippen LogP contribution is -2.36. The second-order valence-corrected chi connectivity index (χ2v) is 3.77. The van der Waals surface area contributed by atoms with Gasteiger partial charge in [0.25, 0.3) is 5.91 Å². The highest BCUT2D eigenvalue weighted by molar-refractivity contribution is 5.97. The smallest absolute Gasteiger partial charge is 0.334 e. The van der Waals surface area contributed by atoms with E-state index in [0.29, 0.717) is 11.3 Å². The fraction of sp³-hybridized carbons (Fsp3) is 0.333. The summed E-state index contributed by atoms with van der Waals surface area (Å²) in [6, 6.07) is 5.07.